The summed E-state index contributed by atoms with van der Waals surface area (Å²) in [5.74, 6) is -1.42. The molecule has 1 rings (SSSR count). The first-order valence-electron chi connectivity index (χ1n) is 4.25. The van der Waals surface area contributed by atoms with Gasteiger partial charge in [-0.15, -0.1) is 24.8 Å². The first-order valence-corrected chi connectivity index (χ1v) is 4.79. The normalized spacial score (nSPS) is 11.1. The fourth-order valence-corrected chi connectivity index (χ4v) is 1.41. The van der Waals surface area contributed by atoms with Crippen LogP contribution in [-0.2, 0) is 5.88 Å². The van der Waals surface area contributed by atoms with E-state index in [0.29, 0.717) is 6.29 Å². The lowest BCUT2D eigenvalue weighted by atomic mass is 10.1. The van der Waals surface area contributed by atoms with Crippen molar-refractivity contribution in [1.29, 1.82) is 0 Å². The molecule has 1 heterocycles. The van der Waals surface area contributed by atoms with Gasteiger partial charge in [0, 0.05) is 17.3 Å². The van der Waals surface area contributed by atoms with Crippen molar-refractivity contribution in [2.24, 2.45) is 0 Å². The molecule has 0 aromatic carbocycles. The second kappa shape index (κ2) is 5.22. The third kappa shape index (κ3) is 3.23. The van der Waals surface area contributed by atoms with Crippen molar-refractivity contribution < 1.29 is 27.4 Å². The summed E-state index contributed by atoms with van der Waals surface area (Å²) in [6.07, 6.45) is -3.52. The van der Waals surface area contributed by atoms with Gasteiger partial charge in [-0.3, -0.25) is 4.79 Å². The van der Waals surface area contributed by atoms with E-state index in [2.05, 4.69) is 14.5 Å². The van der Waals surface area contributed by atoms with Gasteiger partial charge in [0.1, 0.15) is 0 Å². The zero-order valence-corrected chi connectivity index (χ0v) is 9.30. The maximum Gasteiger partial charge on any atom is 0.573 e. The highest BCUT2D eigenvalue weighted by Gasteiger charge is 2.34. The third-order valence-corrected chi connectivity index (χ3v) is 2.08. The van der Waals surface area contributed by atoms with Crippen LogP contribution in [0.5, 0.6) is 11.6 Å². The van der Waals surface area contributed by atoms with Gasteiger partial charge >= 0.3 is 6.36 Å². The average Bonchev–Trinajstić information content (AvgIpc) is 2.26. The Bertz CT molecular complexity index is 423. The van der Waals surface area contributed by atoms with Crippen LogP contribution in [0.25, 0.3) is 0 Å². The van der Waals surface area contributed by atoms with Crippen molar-refractivity contribution in [3.8, 4) is 11.6 Å². The predicted octanol–water partition coefficient (Wildman–Crippen LogP) is 2.54. The van der Waals surface area contributed by atoms with E-state index in [1.807, 2.05) is 0 Å². The summed E-state index contributed by atoms with van der Waals surface area (Å²) < 4.78 is 44.9. The highest BCUT2D eigenvalue weighted by atomic mass is 35.5. The first kappa shape index (κ1) is 13.6. The molecule has 0 amide bonds. The van der Waals surface area contributed by atoms with Crippen molar-refractivity contribution >= 4 is 17.9 Å². The molecule has 0 atom stereocenters. The molecule has 1 aromatic heterocycles. The number of ether oxygens (including phenoxy) is 2. The summed E-state index contributed by atoms with van der Waals surface area (Å²) in [6.45, 7) is 0. The molecule has 0 aliphatic carbocycles. The summed E-state index contributed by atoms with van der Waals surface area (Å²) in [5, 5.41) is 0. The molecule has 0 N–H and O–H groups in total. The molecule has 1 aromatic rings. The predicted molar refractivity (Wildman–Crippen MR) is 52.4 cm³/mol. The van der Waals surface area contributed by atoms with Crippen molar-refractivity contribution in [3.63, 3.8) is 0 Å². The van der Waals surface area contributed by atoms with E-state index in [1.165, 1.54) is 0 Å². The van der Waals surface area contributed by atoms with Gasteiger partial charge in [0.15, 0.2) is 12.0 Å². The van der Waals surface area contributed by atoms with Crippen LogP contribution in [0.3, 0.4) is 0 Å². The zero-order valence-electron chi connectivity index (χ0n) is 8.55. The van der Waals surface area contributed by atoms with Gasteiger partial charge in [0.05, 0.1) is 13.0 Å². The molecule has 94 valence electrons. The Balaban J connectivity index is 3.34. The van der Waals surface area contributed by atoms with Gasteiger partial charge in [-0.25, -0.2) is 4.98 Å². The Kier molecular flexibility index (Phi) is 4.17. The van der Waals surface area contributed by atoms with E-state index >= 15 is 0 Å². The Hall–Kier alpha value is -1.50. The number of methoxy groups -OCH3 is 1. The summed E-state index contributed by atoms with van der Waals surface area (Å²) >= 11 is 5.48. The number of pyridine rings is 1. The Morgan fingerprint density at radius 3 is 2.59 bits per heavy atom. The SMILES string of the molecule is COc1ncc(C=O)c(CCl)c1OC(F)(F)F. The van der Waals surface area contributed by atoms with Crippen LogP contribution in [0.15, 0.2) is 6.20 Å². The quantitative estimate of drug-likeness (QED) is 0.622. The van der Waals surface area contributed by atoms with Crippen molar-refractivity contribution in [1.82, 2.24) is 4.98 Å². The van der Waals surface area contributed by atoms with E-state index in [1.54, 1.807) is 0 Å². The van der Waals surface area contributed by atoms with Crippen LogP contribution in [-0.4, -0.2) is 24.7 Å². The minimum absolute atomic E-state index is 0.0833. The van der Waals surface area contributed by atoms with Crippen molar-refractivity contribution in [2.45, 2.75) is 12.2 Å². The number of carbonyl (C=O) groups excluding carboxylic acids is 1. The lowest BCUT2D eigenvalue weighted by Crippen LogP contribution is -2.19. The van der Waals surface area contributed by atoms with Gasteiger partial charge in [0.2, 0.25) is 0 Å². The minimum Gasteiger partial charge on any atom is -0.478 e. The summed E-state index contributed by atoms with van der Waals surface area (Å²) in [6, 6.07) is 0. The number of hydrogen-bond acceptors (Lipinski definition) is 4. The first-order chi connectivity index (χ1) is 7.92. The highest BCUT2D eigenvalue weighted by Crippen LogP contribution is 2.36. The minimum atomic E-state index is -4.92. The maximum absolute atomic E-state index is 12.2. The fourth-order valence-electron chi connectivity index (χ4n) is 1.13. The smallest absolute Gasteiger partial charge is 0.478 e. The van der Waals surface area contributed by atoms with E-state index in [9.17, 15) is 18.0 Å². The number of hydrogen-bond donors (Lipinski definition) is 0. The average molecular weight is 270 g/mol. The molecule has 0 spiro atoms. The molecule has 0 saturated heterocycles. The molecule has 0 fully saturated rings. The zero-order chi connectivity index (χ0) is 13.1. The number of rotatable bonds is 4. The second-order valence-electron chi connectivity index (χ2n) is 2.83. The van der Waals surface area contributed by atoms with E-state index < -0.39 is 12.1 Å². The van der Waals surface area contributed by atoms with Gasteiger partial charge in [0.25, 0.3) is 5.88 Å². The van der Waals surface area contributed by atoms with Crippen molar-refractivity contribution in [3.05, 3.63) is 17.3 Å². The summed E-state index contributed by atoms with van der Waals surface area (Å²) in [7, 11) is 1.13. The molecule has 4 nitrogen and oxygen atoms in total. The summed E-state index contributed by atoms with van der Waals surface area (Å²) in [5.41, 5.74) is -0.203. The van der Waals surface area contributed by atoms with Gasteiger partial charge in [-0.05, 0) is 0 Å². The standard InChI is InChI=1S/C9H7ClF3NO3/c1-16-8-7(17-9(11,12)13)6(2-10)5(4-15)3-14-8/h3-4H,2H2,1H3. The molecule has 8 heteroatoms. The van der Waals surface area contributed by atoms with Crippen LogP contribution in [0.4, 0.5) is 13.2 Å². The number of aldehydes is 1. The van der Waals surface area contributed by atoms with Crippen LogP contribution in [0.2, 0.25) is 0 Å². The molecule has 0 bridgehead atoms. The Morgan fingerprint density at radius 1 is 1.53 bits per heavy atom. The van der Waals surface area contributed by atoms with E-state index in [0.717, 1.165) is 13.3 Å². The fraction of sp³-hybridized carbons (Fsp3) is 0.333. The number of halogens is 4. The Morgan fingerprint density at radius 2 is 2.18 bits per heavy atom. The van der Waals surface area contributed by atoms with Gasteiger partial charge in [-0.1, -0.05) is 0 Å². The summed E-state index contributed by atoms with van der Waals surface area (Å²) in [4.78, 5) is 14.2. The molecule has 0 saturated carbocycles. The largest absolute Gasteiger partial charge is 0.573 e. The van der Waals surface area contributed by atoms with E-state index in [4.69, 9.17) is 11.6 Å². The van der Waals surface area contributed by atoms with Crippen LogP contribution < -0.4 is 9.47 Å². The van der Waals surface area contributed by atoms with Crippen LogP contribution in [0.1, 0.15) is 15.9 Å². The third-order valence-electron chi connectivity index (χ3n) is 1.81. The lowest BCUT2D eigenvalue weighted by molar-refractivity contribution is -0.275. The number of nitrogens with zero attached hydrogens (tertiary/aromatic N) is 1. The molecule has 17 heavy (non-hydrogen) atoms. The molecule has 0 aliphatic heterocycles. The number of carbonyl (C=O) groups is 1. The van der Waals surface area contributed by atoms with Crippen LogP contribution >= 0.6 is 11.6 Å². The van der Waals surface area contributed by atoms with Crippen molar-refractivity contribution in [2.75, 3.05) is 7.11 Å². The molecular formula is C9H7ClF3NO3. The molecule has 0 unspecified atom stereocenters. The monoisotopic (exact) mass is 269 g/mol. The Labute approximate surface area is 99.3 Å². The number of aromatic nitrogens is 1. The second-order valence-corrected chi connectivity index (χ2v) is 3.10. The molecule has 0 radical (unpaired) electrons. The number of alkyl halides is 4. The van der Waals surface area contributed by atoms with Gasteiger partial charge < -0.3 is 9.47 Å². The van der Waals surface area contributed by atoms with E-state index in [-0.39, 0.29) is 22.9 Å². The van der Waals surface area contributed by atoms with Crippen LogP contribution in [0, 0.1) is 0 Å². The topological polar surface area (TPSA) is 48.4 Å². The lowest BCUT2D eigenvalue weighted by Gasteiger charge is -2.15. The van der Waals surface area contributed by atoms with Gasteiger partial charge in [-0.2, -0.15) is 0 Å². The molecule has 0 aliphatic rings. The maximum atomic E-state index is 12.2. The highest BCUT2D eigenvalue weighted by molar-refractivity contribution is 6.17. The molecular weight excluding hydrogens is 263 g/mol.